The number of nitrogens with zero attached hydrogens (tertiary/aromatic N) is 5. The van der Waals surface area contributed by atoms with E-state index in [1.807, 2.05) is 31.3 Å². The Morgan fingerprint density at radius 1 is 1.17 bits per heavy atom. The van der Waals surface area contributed by atoms with Crippen molar-refractivity contribution >= 4 is 16.9 Å². The van der Waals surface area contributed by atoms with Gasteiger partial charge in [0.1, 0.15) is 6.33 Å². The Kier molecular flexibility index (Phi) is 3.78. The molecule has 0 spiro atoms. The van der Waals surface area contributed by atoms with Crippen molar-refractivity contribution in [3.63, 3.8) is 0 Å². The van der Waals surface area contributed by atoms with E-state index in [2.05, 4.69) is 31.0 Å². The van der Waals surface area contributed by atoms with Gasteiger partial charge in [0.05, 0.1) is 5.52 Å². The minimum atomic E-state index is 0.0892. The lowest BCUT2D eigenvalue weighted by molar-refractivity contribution is 0.247. The summed E-state index contributed by atoms with van der Waals surface area (Å²) in [6.45, 7) is 4.24. The van der Waals surface area contributed by atoms with E-state index in [0.29, 0.717) is 6.54 Å². The predicted octanol–water partition coefficient (Wildman–Crippen LogP) is 0.979. The van der Waals surface area contributed by atoms with Crippen LogP contribution < -0.4 is 10.5 Å². The van der Waals surface area contributed by atoms with E-state index in [9.17, 15) is 4.79 Å². The van der Waals surface area contributed by atoms with Crippen molar-refractivity contribution in [2.24, 2.45) is 7.05 Å². The van der Waals surface area contributed by atoms with Crippen LogP contribution in [0.2, 0.25) is 0 Å². The van der Waals surface area contributed by atoms with Crippen LogP contribution in [-0.2, 0) is 13.6 Å². The molecule has 0 radical (unpaired) electrons. The van der Waals surface area contributed by atoms with E-state index >= 15 is 0 Å². The molecule has 7 heteroatoms. The molecular weight excluding hydrogens is 304 g/mol. The van der Waals surface area contributed by atoms with Crippen LogP contribution in [-0.4, -0.2) is 50.8 Å². The molecular formula is C17H20N6O. The van der Waals surface area contributed by atoms with Crippen molar-refractivity contribution in [3.8, 4) is 0 Å². The first-order chi connectivity index (χ1) is 11.7. The summed E-state index contributed by atoms with van der Waals surface area (Å²) >= 11 is 0. The maximum Gasteiger partial charge on any atom is 0.255 e. The Bertz CT molecular complexity index is 893. The lowest BCUT2D eigenvalue weighted by atomic mass is 10.1. The average Bonchev–Trinajstić information content (AvgIpc) is 3.15. The number of aromatic amines is 1. The van der Waals surface area contributed by atoms with E-state index in [1.54, 1.807) is 4.57 Å². The molecule has 0 saturated carbocycles. The SMILES string of the molecule is Cn1c(=O)c(CN2CCN(c3ncn[nH]3)CC2)cc2ccccc21. The fourth-order valence-corrected chi connectivity index (χ4v) is 3.31. The third kappa shape index (κ3) is 2.67. The first-order valence-corrected chi connectivity index (χ1v) is 8.13. The van der Waals surface area contributed by atoms with Crippen molar-refractivity contribution in [1.29, 1.82) is 0 Å². The van der Waals surface area contributed by atoms with Crippen LogP contribution in [0.15, 0.2) is 41.5 Å². The number of hydrogen-bond donors (Lipinski definition) is 1. The molecule has 7 nitrogen and oxygen atoms in total. The van der Waals surface area contributed by atoms with Gasteiger partial charge in [0.2, 0.25) is 5.95 Å². The Morgan fingerprint density at radius 2 is 1.96 bits per heavy atom. The normalized spacial score (nSPS) is 16.0. The third-order valence-corrected chi connectivity index (χ3v) is 4.68. The van der Waals surface area contributed by atoms with Crippen molar-refractivity contribution < 1.29 is 0 Å². The van der Waals surface area contributed by atoms with Gasteiger partial charge in [0.15, 0.2) is 0 Å². The molecule has 1 N–H and O–H groups in total. The molecule has 1 fully saturated rings. The quantitative estimate of drug-likeness (QED) is 0.778. The zero-order valence-electron chi connectivity index (χ0n) is 13.6. The average molecular weight is 324 g/mol. The summed E-state index contributed by atoms with van der Waals surface area (Å²) in [5.41, 5.74) is 1.91. The van der Waals surface area contributed by atoms with Crippen molar-refractivity contribution in [1.82, 2.24) is 24.6 Å². The largest absolute Gasteiger partial charge is 0.339 e. The molecule has 0 bridgehead atoms. The molecule has 0 aliphatic carbocycles. The monoisotopic (exact) mass is 324 g/mol. The number of anilines is 1. The second-order valence-corrected chi connectivity index (χ2v) is 6.16. The van der Waals surface area contributed by atoms with Gasteiger partial charge >= 0.3 is 0 Å². The maximum absolute atomic E-state index is 12.6. The van der Waals surface area contributed by atoms with Gasteiger partial charge in [-0.1, -0.05) is 18.2 Å². The zero-order valence-corrected chi connectivity index (χ0v) is 13.6. The van der Waals surface area contributed by atoms with Gasteiger partial charge in [0, 0.05) is 45.3 Å². The highest BCUT2D eigenvalue weighted by atomic mass is 16.1. The topological polar surface area (TPSA) is 70.1 Å². The number of aryl methyl sites for hydroxylation is 1. The van der Waals surface area contributed by atoms with Crippen LogP contribution in [0.5, 0.6) is 0 Å². The Labute approximate surface area is 139 Å². The number of pyridine rings is 1. The van der Waals surface area contributed by atoms with Gasteiger partial charge in [-0.25, -0.2) is 5.10 Å². The van der Waals surface area contributed by atoms with Crippen molar-refractivity contribution in [2.45, 2.75) is 6.54 Å². The van der Waals surface area contributed by atoms with Gasteiger partial charge in [0.25, 0.3) is 5.56 Å². The number of hydrogen-bond acceptors (Lipinski definition) is 5. The first kappa shape index (κ1) is 14.9. The highest BCUT2D eigenvalue weighted by Crippen LogP contribution is 2.15. The first-order valence-electron chi connectivity index (χ1n) is 8.13. The van der Waals surface area contributed by atoms with Crippen molar-refractivity contribution in [2.75, 3.05) is 31.1 Å². The van der Waals surface area contributed by atoms with E-state index in [4.69, 9.17) is 0 Å². The van der Waals surface area contributed by atoms with E-state index in [0.717, 1.165) is 48.6 Å². The van der Waals surface area contributed by atoms with E-state index < -0.39 is 0 Å². The van der Waals surface area contributed by atoms with Crippen LogP contribution in [0, 0.1) is 0 Å². The molecule has 0 atom stereocenters. The number of benzene rings is 1. The highest BCUT2D eigenvalue weighted by Gasteiger charge is 2.20. The molecule has 1 aliphatic heterocycles. The van der Waals surface area contributed by atoms with Gasteiger partial charge in [-0.15, -0.1) is 0 Å². The molecule has 0 unspecified atom stereocenters. The summed E-state index contributed by atoms with van der Waals surface area (Å²) in [5.74, 6) is 0.816. The van der Waals surface area contributed by atoms with Gasteiger partial charge < -0.3 is 9.47 Å². The molecule has 2 aromatic heterocycles. The van der Waals surface area contributed by atoms with E-state index in [-0.39, 0.29) is 5.56 Å². The molecule has 3 aromatic rings. The summed E-state index contributed by atoms with van der Waals surface area (Å²) in [5, 5.41) is 7.91. The van der Waals surface area contributed by atoms with E-state index in [1.165, 1.54) is 6.33 Å². The van der Waals surface area contributed by atoms with Crippen LogP contribution in [0.3, 0.4) is 0 Å². The molecule has 1 aromatic carbocycles. The van der Waals surface area contributed by atoms with Crippen LogP contribution >= 0.6 is 0 Å². The van der Waals surface area contributed by atoms with Crippen LogP contribution in [0.1, 0.15) is 5.56 Å². The second-order valence-electron chi connectivity index (χ2n) is 6.16. The molecule has 24 heavy (non-hydrogen) atoms. The maximum atomic E-state index is 12.6. The van der Waals surface area contributed by atoms with Gasteiger partial charge in [-0.05, 0) is 17.5 Å². The summed E-state index contributed by atoms with van der Waals surface area (Å²) in [4.78, 5) is 21.3. The molecule has 0 amide bonds. The molecule has 1 saturated heterocycles. The lowest BCUT2D eigenvalue weighted by Crippen LogP contribution is -2.47. The fourth-order valence-electron chi connectivity index (χ4n) is 3.31. The Balaban J connectivity index is 1.51. The van der Waals surface area contributed by atoms with Crippen LogP contribution in [0.4, 0.5) is 5.95 Å². The number of aromatic nitrogens is 4. The molecule has 124 valence electrons. The van der Waals surface area contributed by atoms with Crippen LogP contribution in [0.25, 0.3) is 10.9 Å². The minimum absolute atomic E-state index is 0.0892. The fraction of sp³-hybridized carbons (Fsp3) is 0.353. The summed E-state index contributed by atoms with van der Waals surface area (Å²) < 4.78 is 1.75. The smallest absolute Gasteiger partial charge is 0.255 e. The Hall–Kier alpha value is -2.67. The molecule has 3 heterocycles. The van der Waals surface area contributed by atoms with Gasteiger partial charge in [-0.2, -0.15) is 10.1 Å². The highest BCUT2D eigenvalue weighted by molar-refractivity contribution is 5.79. The number of fused-ring (bicyclic) bond motifs is 1. The van der Waals surface area contributed by atoms with Crippen molar-refractivity contribution in [3.05, 3.63) is 52.6 Å². The van der Waals surface area contributed by atoms with Gasteiger partial charge in [-0.3, -0.25) is 9.69 Å². The number of rotatable bonds is 3. The predicted molar refractivity (Wildman–Crippen MR) is 93.1 cm³/mol. The number of piperazine rings is 1. The standard InChI is InChI=1S/C17H20N6O/c1-21-15-5-3-2-4-13(15)10-14(16(21)24)11-22-6-8-23(9-7-22)17-18-12-19-20-17/h2-5,10,12H,6-9,11H2,1H3,(H,18,19,20). The summed E-state index contributed by atoms with van der Waals surface area (Å²) in [7, 11) is 1.84. The zero-order chi connectivity index (χ0) is 16.5. The molecule has 4 rings (SSSR count). The second kappa shape index (κ2) is 6.09. The summed E-state index contributed by atoms with van der Waals surface area (Å²) in [6, 6.07) is 10.0. The summed E-state index contributed by atoms with van der Waals surface area (Å²) in [6.07, 6.45) is 1.53. The molecule has 1 aliphatic rings. The third-order valence-electron chi connectivity index (χ3n) is 4.68. The number of nitrogens with one attached hydrogen (secondary N) is 1. The lowest BCUT2D eigenvalue weighted by Gasteiger charge is -2.34. The minimum Gasteiger partial charge on any atom is -0.339 e. The number of H-pyrrole nitrogens is 1. The Morgan fingerprint density at radius 3 is 2.71 bits per heavy atom. The number of para-hydroxylation sites is 1.